The lowest BCUT2D eigenvalue weighted by Gasteiger charge is -2.18. The number of nitrogens with zero attached hydrogens (tertiary/aromatic N) is 1. The van der Waals surface area contributed by atoms with Crippen LogP contribution in [-0.2, 0) is 16.6 Å². The molecule has 0 saturated heterocycles. The van der Waals surface area contributed by atoms with E-state index in [4.69, 9.17) is 0 Å². The number of benzene rings is 2. The summed E-state index contributed by atoms with van der Waals surface area (Å²) in [6.07, 6.45) is 0.509. The monoisotopic (exact) mass is 403 g/mol. The molecule has 0 radical (unpaired) electrons. The standard InChI is InChI=1S/C20H25N3O4S/c1-4-12-28(26,27)22-18-7-5-6-17(13-18)20(25)23(3)14-15-8-10-16(11-9-15)19(24)21-2/h5-11,13,22H,4,12,14H2,1-3H3,(H,21,24). The van der Waals surface area contributed by atoms with Crippen LogP contribution in [0.25, 0.3) is 0 Å². The maximum absolute atomic E-state index is 12.7. The van der Waals surface area contributed by atoms with Crippen LogP contribution in [0.4, 0.5) is 5.69 Å². The molecule has 150 valence electrons. The highest BCUT2D eigenvalue weighted by Gasteiger charge is 2.15. The van der Waals surface area contributed by atoms with Crippen molar-refractivity contribution in [2.24, 2.45) is 0 Å². The summed E-state index contributed by atoms with van der Waals surface area (Å²) in [6, 6.07) is 13.4. The van der Waals surface area contributed by atoms with E-state index in [9.17, 15) is 18.0 Å². The summed E-state index contributed by atoms with van der Waals surface area (Å²) >= 11 is 0. The van der Waals surface area contributed by atoms with Crippen LogP contribution >= 0.6 is 0 Å². The van der Waals surface area contributed by atoms with Crippen LogP contribution in [0.1, 0.15) is 39.6 Å². The van der Waals surface area contributed by atoms with Gasteiger partial charge in [-0.25, -0.2) is 8.42 Å². The number of nitrogens with one attached hydrogen (secondary N) is 2. The third-order valence-electron chi connectivity index (χ3n) is 4.07. The van der Waals surface area contributed by atoms with Gasteiger partial charge >= 0.3 is 0 Å². The maximum atomic E-state index is 12.7. The number of anilines is 1. The Labute approximate surface area is 165 Å². The molecule has 0 atom stereocenters. The van der Waals surface area contributed by atoms with Gasteiger partial charge in [-0.05, 0) is 42.3 Å². The smallest absolute Gasteiger partial charge is 0.253 e. The third-order valence-corrected chi connectivity index (χ3v) is 5.56. The van der Waals surface area contributed by atoms with E-state index in [-0.39, 0.29) is 17.6 Å². The van der Waals surface area contributed by atoms with Gasteiger partial charge in [0.2, 0.25) is 10.0 Å². The van der Waals surface area contributed by atoms with E-state index in [2.05, 4.69) is 10.0 Å². The highest BCUT2D eigenvalue weighted by molar-refractivity contribution is 7.92. The summed E-state index contributed by atoms with van der Waals surface area (Å²) in [5.74, 6) is -0.373. The van der Waals surface area contributed by atoms with Crippen LogP contribution in [0.5, 0.6) is 0 Å². The molecule has 2 aromatic carbocycles. The molecular formula is C20H25N3O4S. The lowest BCUT2D eigenvalue weighted by molar-refractivity contribution is 0.0784. The van der Waals surface area contributed by atoms with E-state index in [1.54, 1.807) is 63.5 Å². The zero-order chi connectivity index (χ0) is 20.7. The SMILES string of the molecule is CCCS(=O)(=O)Nc1cccc(C(=O)N(C)Cc2ccc(C(=O)NC)cc2)c1. The molecule has 7 nitrogen and oxygen atoms in total. The summed E-state index contributed by atoms with van der Waals surface area (Å²) in [7, 11) is -0.179. The van der Waals surface area contributed by atoms with Gasteiger partial charge in [0.05, 0.1) is 5.75 Å². The van der Waals surface area contributed by atoms with Gasteiger partial charge in [0.15, 0.2) is 0 Å². The minimum absolute atomic E-state index is 0.0249. The molecule has 0 aliphatic rings. The molecule has 28 heavy (non-hydrogen) atoms. The Balaban J connectivity index is 2.08. The Bertz CT molecular complexity index is 940. The fraction of sp³-hybridized carbons (Fsp3) is 0.300. The van der Waals surface area contributed by atoms with Gasteiger partial charge in [0.25, 0.3) is 11.8 Å². The molecule has 0 aliphatic heterocycles. The Hall–Kier alpha value is -2.87. The molecule has 8 heteroatoms. The molecule has 0 saturated carbocycles. The van der Waals surface area contributed by atoms with Gasteiger partial charge in [-0.1, -0.05) is 25.1 Å². The zero-order valence-electron chi connectivity index (χ0n) is 16.2. The van der Waals surface area contributed by atoms with Crippen molar-refractivity contribution in [3.8, 4) is 0 Å². The largest absolute Gasteiger partial charge is 0.355 e. The van der Waals surface area contributed by atoms with Gasteiger partial charge in [-0.2, -0.15) is 0 Å². The van der Waals surface area contributed by atoms with Crippen molar-refractivity contribution in [1.29, 1.82) is 0 Å². The number of hydrogen-bond donors (Lipinski definition) is 2. The van der Waals surface area contributed by atoms with Crippen LogP contribution in [0.3, 0.4) is 0 Å². The number of amides is 2. The van der Waals surface area contributed by atoms with Gasteiger partial charge < -0.3 is 10.2 Å². The fourth-order valence-electron chi connectivity index (χ4n) is 2.69. The van der Waals surface area contributed by atoms with E-state index in [0.29, 0.717) is 29.8 Å². The van der Waals surface area contributed by atoms with Crippen molar-refractivity contribution in [3.63, 3.8) is 0 Å². The molecule has 0 heterocycles. The van der Waals surface area contributed by atoms with Crippen LogP contribution in [0.15, 0.2) is 48.5 Å². The fourth-order valence-corrected chi connectivity index (χ4v) is 3.81. The molecule has 2 N–H and O–H groups in total. The number of sulfonamides is 1. The third kappa shape index (κ3) is 5.82. The van der Waals surface area contributed by atoms with E-state index >= 15 is 0 Å². The second kappa shape index (κ2) is 9.36. The van der Waals surface area contributed by atoms with Crippen molar-refractivity contribution in [3.05, 3.63) is 65.2 Å². The van der Waals surface area contributed by atoms with E-state index in [1.807, 2.05) is 0 Å². The summed E-state index contributed by atoms with van der Waals surface area (Å²) in [5, 5.41) is 2.56. The first-order valence-electron chi connectivity index (χ1n) is 8.92. The van der Waals surface area contributed by atoms with Crippen molar-refractivity contribution < 1.29 is 18.0 Å². The molecular weight excluding hydrogens is 378 g/mol. The van der Waals surface area contributed by atoms with E-state index in [0.717, 1.165) is 5.56 Å². The molecule has 0 unspecified atom stereocenters. The van der Waals surface area contributed by atoms with Crippen molar-refractivity contribution >= 4 is 27.5 Å². The second-order valence-corrected chi connectivity index (χ2v) is 8.28. The zero-order valence-corrected chi connectivity index (χ0v) is 17.0. The maximum Gasteiger partial charge on any atom is 0.253 e. The summed E-state index contributed by atoms with van der Waals surface area (Å²) < 4.78 is 26.3. The summed E-state index contributed by atoms with van der Waals surface area (Å²) in [4.78, 5) is 25.8. The topological polar surface area (TPSA) is 95.6 Å². The Morgan fingerprint density at radius 3 is 2.32 bits per heavy atom. The lowest BCUT2D eigenvalue weighted by Crippen LogP contribution is -2.26. The van der Waals surface area contributed by atoms with Crippen molar-refractivity contribution in [2.45, 2.75) is 19.9 Å². The van der Waals surface area contributed by atoms with Crippen molar-refractivity contribution in [1.82, 2.24) is 10.2 Å². The van der Waals surface area contributed by atoms with Gasteiger partial charge in [0.1, 0.15) is 0 Å². The van der Waals surface area contributed by atoms with Crippen molar-refractivity contribution in [2.75, 3.05) is 24.6 Å². The summed E-state index contributed by atoms with van der Waals surface area (Å²) in [6.45, 7) is 2.15. The minimum Gasteiger partial charge on any atom is -0.355 e. The molecule has 2 aromatic rings. The van der Waals surface area contributed by atoms with Gasteiger partial charge in [0, 0.05) is 37.5 Å². The molecule has 0 bridgehead atoms. The first-order chi connectivity index (χ1) is 13.3. The van der Waals surface area contributed by atoms with Crippen LogP contribution in [0.2, 0.25) is 0 Å². The summed E-state index contributed by atoms with van der Waals surface area (Å²) in [5.41, 5.74) is 2.18. The first-order valence-corrected chi connectivity index (χ1v) is 10.6. The molecule has 0 aliphatic carbocycles. The number of hydrogen-bond acceptors (Lipinski definition) is 4. The molecule has 0 spiro atoms. The highest BCUT2D eigenvalue weighted by Crippen LogP contribution is 2.16. The quantitative estimate of drug-likeness (QED) is 0.708. The van der Waals surface area contributed by atoms with E-state index < -0.39 is 10.0 Å². The van der Waals surface area contributed by atoms with Crippen LogP contribution < -0.4 is 10.0 Å². The predicted octanol–water partition coefficient (Wildman–Crippen LogP) is 2.47. The Morgan fingerprint density at radius 1 is 1.04 bits per heavy atom. The van der Waals surface area contributed by atoms with Crippen LogP contribution in [-0.4, -0.2) is 45.0 Å². The highest BCUT2D eigenvalue weighted by atomic mass is 32.2. The predicted molar refractivity (Wildman–Crippen MR) is 110 cm³/mol. The second-order valence-electron chi connectivity index (χ2n) is 6.44. The Kier molecular flexibility index (Phi) is 7.17. The Morgan fingerprint density at radius 2 is 1.71 bits per heavy atom. The van der Waals surface area contributed by atoms with Gasteiger partial charge in [-0.15, -0.1) is 0 Å². The molecule has 0 aromatic heterocycles. The first kappa shape index (κ1) is 21.4. The van der Waals surface area contributed by atoms with Crippen LogP contribution in [0, 0.1) is 0 Å². The number of carbonyl (C=O) groups excluding carboxylic acids is 2. The molecule has 2 rings (SSSR count). The van der Waals surface area contributed by atoms with Gasteiger partial charge in [-0.3, -0.25) is 14.3 Å². The minimum atomic E-state index is -3.42. The number of carbonyl (C=O) groups is 2. The average Bonchev–Trinajstić information content (AvgIpc) is 2.67. The lowest BCUT2D eigenvalue weighted by atomic mass is 10.1. The normalized spacial score (nSPS) is 11.0. The molecule has 2 amide bonds. The number of rotatable bonds is 8. The van der Waals surface area contributed by atoms with E-state index in [1.165, 1.54) is 11.0 Å². The molecule has 0 fully saturated rings. The average molecular weight is 404 g/mol.